The number of esters is 2. The Labute approximate surface area is 575 Å². The SMILES string of the molecule is COC1CC(C)OC(CCC(C)C(O)C(C)C2OC(=O)/C=C/C(C)=C/CC(O)CC3C=CCC(CC(OC)C(C)C(O)CC(O)C(C)C(C(C)C(O)C(C)CCC4CC(OC)CC(C)O4)OC(=O)/C(C)=C/CC(O)CC4C=CCC(CC(OC)C(C)C(O)CC(O)C2C)O4)O3)C1. The first kappa shape index (κ1) is 83.7. The van der Waals surface area contributed by atoms with E-state index in [2.05, 4.69) is 0 Å². The molecule has 0 aromatic heterocycles. The van der Waals surface area contributed by atoms with Crippen LogP contribution in [0.2, 0.25) is 0 Å². The lowest BCUT2D eigenvalue weighted by Gasteiger charge is -2.38. The first-order chi connectivity index (χ1) is 45.4. The molecule has 5 rings (SSSR count). The molecule has 0 radical (unpaired) electrons. The molecule has 8 N–H and O–H groups in total. The molecule has 0 aromatic carbocycles. The minimum atomic E-state index is -1.18. The van der Waals surface area contributed by atoms with Crippen LogP contribution in [0.4, 0.5) is 0 Å². The van der Waals surface area contributed by atoms with E-state index in [9.17, 15) is 50.4 Å². The molecule has 0 aromatic rings. The van der Waals surface area contributed by atoms with Crippen LogP contribution in [0.5, 0.6) is 0 Å². The topological polar surface area (TPSA) is 288 Å². The van der Waals surface area contributed by atoms with Gasteiger partial charge in [0.2, 0.25) is 0 Å². The number of carbonyl (C=O) groups excluding carboxylic acids is 2. The highest BCUT2D eigenvalue weighted by Crippen LogP contribution is 2.37. The van der Waals surface area contributed by atoms with E-state index in [1.807, 2.05) is 92.7 Å². The van der Waals surface area contributed by atoms with Gasteiger partial charge in [0.05, 0.1) is 122 Å². The maximum atomic E-state index is 14.2. The molecule has 30 unspecified atom stereocenters. The van der Waals surface area contributed by atoms with E-state index in [1.165, 1.54) is 6.08 Å². The van der Waals surface area contributed by atoms with Crippen LogP contribution in [0.1, 0.15) is 199 Å². The molecule has 0 amide bonds. The van der Waals surface area contributed by atoms with Crippen molar-refractivity contribution in [3.05, 3.63) is 59.8 Å². The third kappa shape index (κ3) is 26.7. The number of hydrogen-bond donors (Lipinski definition) is 8. The Balaban J connectivity index is 1.37. The second kappa shape index (κ2) is 41.8. The minimum absolute atomic E-state index is 0.0306. The number of methoxy groups -OCH3 is 4. The van der Waals surface area contributed by atoms with E-state index < -0.39 is 133 Å². The van der Waals surface area contributed by atoms with Gasteiger partial charge in [0.1, 0.15) is 12.2 Å². The molecular formula is C76H130O20. The smallest absolute Gasteiger partial charge is 0.333 e. The number of carbonyl (C=O) groups is 2. The average Bonchev–Trinajstić information content (AvgIpc) is 0.869. The van der Waals surface area contributed by atoms with Crippen molar-refractivity contribution in [2.45, 2.75) is 333 Å². The summed E-state index contributed by atoms with van der Waals surface area (Å²) in [6.07, 6.45) is 10.3. The monoisotopic (exact) mass is 1360 g/mol. The number of hydrogen-bond acceptors (Lipinski definition) is 20. The Morgan fingerprint density at radius 3 is 1.30 bits per heavy atom. The van der Waals surface area contributed by atoms with Crippen LogP contribution in [0.15, 0.2) is 59.8 Å². The van der Waals surface area contributed by atoms with Crippen molar-refractivity contribution < 1.29 is 97.8 Å². The quantitative estimate of drug-likeness (QED) is 0.0527. The fourth-order valence-electron chi connectivity index (χ4n) is 15.2. The highest BCUT2D eigenvalue weighted by molar-refractivity contribution is 5.87. The van der Waals surface area contributed by atoms with Crippen molar-refractivity contribution >= 4 is 11.9 Å². The summed E-state index contributed by atoms with van der Waals surface area (Å²) >= 11 is 0. The van der Waals surface area contributed by atoms with E-state index in [-0.39, 0.29) is 105 Å². The van der Waals surface area contributed by atoms with Crippen LogP contribution in [0.3, 0.4) is 0 Å². The zero-order valence-electron chi connectivity index (χ0n) is 61.1. The largest absolute Gasteiger partial charge is 0.458 e. The van der Waals surface area contributed by atoms with Crippen molar-refractivity contribution in [3.8, 4) is 0 Å². The third-order valence-corrected chi connectivity index (χ3v) is 22.1. The predicted molar refractivity (Wildman–Crippen MR) is 368 cm³/mol. The van der Waals surface area contributed by atoms with E-state index in [4.69, 9.17) is 47.4 Å². The molecule has 20 heteroatoms. The molecule has 4 bridgehead atoms. The van der Waals surface area contributed by atoms with Crippen molar-refractivity contribution in [2.75, 3.05) is 28.4 Å². The van der Waals surface area contributed by atoms with E-state index in [0.717, 1.165) is 25.7 Å². The summed E-state index contributed by atoms with van der Waals surface area (Å²) in [7, 11) is 6.57. The van der Waals surface area contributed by atoms with Crippen molar-refractivity contribution in [3.63, 3.8) is 0 Å². The van der Waals surface area contributed by atoms with Gasteiger partial charge in [0, 0.05) is 101 Å². The average molecular weight is 1360 g/mol. The fraction of sp³-hybridized carbons (Fsp3) is 0.842. The number of aliphatic hydroxyl groups excluding tert-OH is 8. The zero-order chi connectivity index (χ0) is 71.1. The summed E-state index contributed by atoms with van der Waals surface area (Å²) in [6, 6.07) is 0. The molecule has 2 fully saturated rings. The molecule has 0 aliphatic carbocycles. The number of ether oxygens (including phenoxy) is 10. The van der Waals surface area contributed by atoms with Gasteiger partial charge in [-0.3, -0.25) is 0 Å². The number of cyclic esters (lactones) is 2. The molecule has 5 aliphatic heterocycles. The van der Waals surface area contributed by atoms with Gasteiger partial charge < -0.3 is 88.2 Å². The summed E-state index contributed by atoms with van der Waals surface area (Å²) in [5.41, 5.74) is 0.927. The molecule has 554 valence electrons. The molecule has 5 aliphatic rings. The van der Waals surface area contributed by atoms with E-state index >= 15 is 0 Å². The minimum Gasteiger partial charge on any atom is -0.458 e. The normalized spacial score (nSPS) is 41.2. The van der Waals surface area contributed by atoms with Gasteiger partial charge in [-0.2, -0.15) is 0 Å². The van der Waals surface area contributed by atoms with Crippen LogP contribution < -0.4 is 0 Å². The van der Waals surface area contributed by atoms with Crippen LogP contribution in [-0.2, 0) is 57.0 Å². The zero-order valence-corrected chi connectivity index (χ0v) is 61.1. The lowest BCUT2D eigenvalue weighted by atomic mass is 9.78. The maximum Gasteiger partial charge on any atom is 0.333 e. The van der Waals surface area contributed by atoms with E-state index in [1.54, 1.807) is 61.4 Å². The van der Waals surface area contributed by atoms with Crippen LogP contribution in [-0.4, -0.2) is 216 Å². The molecule has 0 saturated carbocycles. The standard InChI is InChI=1S/C76H130O20/c1-43-23-28-55(77)35-57-19-17-21-59(93-57)39-70(90-16)50(8)66(80)42-68(82)52(10)75(54(12)73(85)45(3)27-31-62-38-64(88-14)34-48(6)92-62)96-76(86)46(4)25-29-56(78)36-58-20-18-22-60(94-58)40-69(89-15)49(7)65(79)41-67(81)51(9)74(95-71(83)32-24-43)53(11)72(84)44(2)26-30-61-37-63(87-13)33-47(5)91-61/h17-20,23-25,32,44-45,47-70,72-75,77-82,84-85H,21-22,26-31,33-42H2,1-16H3/b32-24+,43-23+,46-25+. The Morgan fingerprint density at radius 1 is 0.479 bits per heavy atom. The van der Waals surface area contributed by atoms with Gasteiger partial charge in [-0.1, -0.05) is 103 Å². The van der Waals surface area contributed by atoms with Crippen LogP contribution >= 0.6 is 0 Å². The first-order valence-corrected chi connectivity index (χ1v) is 36.4. The molecule has 20 nitrogen and oxygen atoms in total. The first-order valence-electron chi connectivity index (χ1n) is 36.4. The highest BCUT2D eigenvalue weighted by atomic mass is 16.6. The van der Waals surface area contributed by atoms with E-state index in [0.29, 0.717) is 56.9 Å². The third-order valence-electron chi connectivity index (χ3n) is 22.1. The van der Waals surface area contributed by atoms with Gasteiger partial charge in [-0.25, -0.2) is 9.59 Å². The van der Waals surface area contributed by atoms with Crippen molar-refractivity contribution in [1.29, 1.82) is 0 Å². The molecule has 5 heterocycles. The maximum absolute atomic E-state index is 14.2. The summed E-state index contributed by atoms with van der Waals surface area (Å²) in [5, 5.41) is 94.6. The molecule has 0 spiro atoms. The Kier molecular flexibility index (Phi) is 36.4. The Hall–Kier alpha value is -3.00. The number of allylic oxidation sites excluding steroid dienone is 2. The summed E-state index contributed by atoms with van der Waals surface area (Å²) in [5.74, 6) is -5.57. The second-order valence-corrected chi connectivity index (χ2v) is 29.9. The van der Waals surface area contributed by atoms with Gasteiger partial charge in [-0.15, -0.1) is 0 Å². The van der Waals surface area contributed by atoms with Crippen LogP contribution in [0.25, 0.3) is 0 Å². The lowest BCUT2D eigenvalue weighted by Crippen LogP contribution is -2.46. The van der Waals surface area contributed by atoms with Gasteiger partial charge >= 0.3 is 11.9 Å². The Bertz CT molecular complexity index is 2400. The number of aliphatic hydroxyl groups is 8. The fourth-order valence-corrected chi connectivity index (χ4v) is 15.2. The van der Waals surface area contributed by atoms with Crippen molar-refractivity contribution in [1.82, 2.24) is 0 Å². The summed E-state index contributed by atoms with van der Waals surface area (Å²) < 4.78 is 61.4. The summed E-state index contributed by atoms with van der Waals surface area (Å²) in [4.78, 5) is 28.1. The molecule has 2 saturated heterocycles. The Morgan fingerprint density at radius 2 is 0.885 bits per heavy atom. The number of fused-ring (bicyclic) bond motifs is 4. The van der Waals surface area contributed by atoms with Gasteiger partial charge in [-0.05, 0) is 129 Å². The van der Waals surface area contributed by atoms with Crippen molar-refractivity contribution in [2.24, 2.45) is 47.3 Å². The van der Waals surface area contributed by atoms with Crippen LogP contribution in [0, 0.1) is 47.3 Å². The molecule has 30 atom stereocenters. The lowest BCUT2D eigenvalue weighted by molar-refractivity contribution is -0.159. The van der Waals surface area contributed by atoms with Gasteiger partial charge in [0.15, 0.2) is 0 Å². The molecule has 96 heavy (non-hydrogen) atoms. The number of rotatable bonds is 16. The summed E-state index contributed by atoms with van der Waals surface area (Å²) in [6.45, 7) is 22.3. The van der Waals surface area contributed by atoms with Gasteiger partial charge in [0.25, 0.3) is 0 Å². The molecular weight excluding hydrogens is 1230 g/mol. The highest BCUT2D eigenvalue weighted by Gasteiger charge is 2.43. The predicted octanol–water partition coefficient (Wildman–Crippen LogP) is 9.55. The second-order valence-electron chi connectivity index (χ2n) is 29.9.